The summed E-state index contributed by atoms with van der Waals surface area (Å²) in [5, 5.41) is 0. The van der Waals surface area contributed by atoms with Crippen LogP contribution in [0.1, 0.15) is 158 Å². The fraction of sp³-hybridized carbons (Fsp3) is 0.676. The van der Waals surface area contributed by atoms with E-state index in [0.717, 1.165) is 83.5 Å². The van der Waals surface area contributed by atoms with Gasteiger partial charge in [-0.3, -0.25) is 4.52 Å². The quantitative estimate of drug-likeness (QED) is 0.153. The highest BCUT2D eigenvalue weighted by molar-refractivity contribution is 7.39. The largest absolute Gasteiger partial charge is 0.328 e. The minimum Gasteiger partial charge on any atom is -0.328 e. The first-order valence-corrected chi connectivity index (χ1v) is 18.2. The molecule has 0 radical (unpaired) electrons. The van der Waals surface area contributed by atoms with Crippen LogP contribution in [0.4, 0.5) is 0 Å². The minimum atomic E-state index is -2.57. The Morgan fingerprint density at radius 3 is 1.46 bits per heavy atom. The maximum Gasteiger partial charge on any atom is 0.328 e. The standard InChI is InChI=1S/C37H59O3P/c1-6-11-17-30-21-23-34(32(28-30)19-13-8-3)37(40-41(38)39,36(25-15-10-5)26-16-27-36)35-24-22-31(18-12-7-2)29-33(35)20-14-9-4/h21-24,28-29,38-39H,6-20,25-27H2,1-5H3. The monoisotopic (exact) mass is 582 g/mol. The maximum atomic E-state index is 10.8. The average Bonchev–Trinajstić information content (AvgIpc) is 2.95. The van der Waals surface area contributed by atoms with Crippen LogP contribution in [0, 0.1) is 5.41 Å². The van der Waals surface area contributed by atoms with E-state index in [9.17, 15) is 9.79 Å². The van der Waals surface area contributed by atoms with Crippen molar-refractivity contribution in [3.8, 4) is 0 Å². The SMILES string of the molecule is CCCCc1ccc(C(OP(O)O)(c2ccc(CCCC)cc2CCCC)C2(CCCC)CCC2)c(CCCC)c1. The Bertz CT molecular complexity index is 979. The summed E-state index contributed by atoms with van der Waals surface area (Å²) in [5.74, 6) is 0. The molecule has 0 unspecified atom stereocenters. The Kier molecular flexibility index (Phi) is 14.3. The molecule has 3 nitrogen and oxygen atoms in total. The molecule has 1 saturated carbocycles. The molecule has 0 bridgehead atoms. The van der Waals surface area contributed by atoms with Crippen LogP contribution >= 0.6 is 8.60 Å². The Hall–Kier alpha value is -1.25. The molecule has 0 spiro atoms. The van der Waals surface area contributed by atoms with Crippen molar-refractivity contribution in [2.45, 2.75) is 156 Å². The van der Waals surface area contributed by atoms with Crippen LogP contribution in [0.25, 0.3) is 0 Å². The zero-order valence-electron chi connectivity index (χ0n) is 26.9. The van der Waals surface area contributed by atoms with Gasteiger partial charge in [-0.15, -0.1) is 0 Å². The lowest BCUT2D eigenvalue weighted by atomic mass is 9.51. The Morgan fingerprint density at radius 2 is 1.10 bits per heavy atom. The minimum absolute atomic E-state index is 0.146. The molecule has 2 aromatic rings. The van der Waals surface area contributed by atoms with Crippen molar-refractivity contribution in [1.29, 1.82) is 0 Å². The van der Waals surface area contributed by atoms with Crippen LogP contribution in [0.3, 0.4) is 0 Å². The van der Waals surface area contributed by atoms with Crippen LogP contribution in [-0.2, 0) is 35.8 Å². The van der Waals surface area contributed by atoms with Crippen molar-refractivity contribution in [3.05, 3.63) is 69.8 Å². The summed E-state index contributed by atoms with van der Waals surface area (Å²) in [5.41, 5.74) is 6.84. The van der Waals surface area contributed by atoms with Crippen molar-refractivity contribution < 1.29 is 14.3 Å². The van der Waals surface area contributed by atoms with Crippen molar-refractivity contribution in [1.82, 2.24) is 0 Å². The lowest BCUT2D eigenvalue weighted by Crippen LogP contribution is -2.53. The predicted octanol–water partition coefficient (Wildman–Crippen LogP) is 10.9. The fourth-order valence-corrected chi connectivity index (χ4v) is 7.77. The van der Waals surface area contributed by atoms with Gasteiger partial charge in [0.2, 0.25) is 0 Å². The first-order valence-electron chi connectivity index (χ1n) is 17.0. The normalized spacial score (nSPS) is 14.9. The molecular formula is C37H59O3P. The molecule has 1 aliphatic rings. The van der Waals surface area contributed by atoms with Gasteiger partial charge in [0.25, 0.3) is 0 Å². The second kappa shape index (κ2) is 17.1. The highest BCUT2D eigenvalue weighted by atomic mass is 31.2. The summed E-state index contributed by atoms with van der Waals surface area (Å²) in [4.78, 5) is 21.6. The summed E-state index contributed by atoms with van der Waals surface area (Å²) in [7, 11) is -2.57. The van der Waals surface area contributed by atoms with E-state index >= 15 is 0 Å². The van der Waals surface area contributed by atoms with E-state index in [0.29, 0.717) is 0 Å². The van der Waals surface area contributed by atoms with Crippen LogP contribution in [0.5, 0.6) is 0 Å². The number of unbranched alkanes of at least 4 members (excludes halogenated alkanes) is 5. The molecule has 0 amide bonds. The van der Waals surface area contributed by atoms with Crippen LogP contribution in [-0.4, -0.2) is 9.79 Å². The molecule has 4 heteroatoms. The summed E-state index contributed by atoms with van der Waals surface area (Å²) in [6, 6.07) is 14.1. The fourth-order valence-electron chi connectivity index (χ4n) is 7.13. The van der Waals surface area contributed by atoms with Crippen LogP contribution < -0.4 is 0 Å². The van der Waals surface area contributed by atoms with Gasteiger partial charge in [0, 0.05) is 5.41 Å². The molecule has 41 heavy (non-hydrogen) atoms. The van der Waals surface area contributed by atoms with E-state index in [4.69, 9.17) is 4.52 Å². The lowest BCUT2D eigenvalue weighted by molar-refractivity contribution is -0.0987. The summed E-state index contributed by atoms with van der Waals surface area (Å²) in [6.45, 7) is 11.3. The van der Waals surface area contributed by atoms with Gasteiger partial charge in [0.05, 0.1) is 0 Å². The van der Waals surface area contributed by atoms with Crippen LogP contribution in [0.2, 0.25) is 0 Å². The van der Waals surface area contributed by atoms with Crippen molar-refractivity contribution in [2.24, 2.45) is 5.41 Å². The Balaban J connectivity index is 2.37. The van der Waals surface area contributed by atoms with Gasteiger partial charge < -0.3 is 9.79 Å². The molecule has 2 N–H and O–H groups in total. The third-order valence-electron chi connectivity index (χ3n) is 9.62. The maximum absolute atomic E-state index is 10.8. The third-order valence-corrected chi connectivity index (χ3v) is 10.1. The van der Waals surface area contributed by atoms with Gasteiger partial charge in [-0.2, -0.15) is 0 Å². The topological polar surface area (TPSA) is 49.7 Å². The number of rotatable bonds is 20. The van der Waals surface area contributed by atoms with E-state index in [1.165, 1.54) is 65.5 Å². The molecule has 0 aliphatic heterocycles. The predicted molar refractivity (Wildman–Crippen MR) is 176 cm³/mol. The first kappa shape index (κ1) is 34.2. The van der Waals surface area contributed by atoms with Crippen molar-refractivity contribution in [3.63, 3.8) is 0 Å². The second-order valence-corrected chi connectivity index (χ2v) is 13.3. The van der Waals surface area contributed by atoms with Crippen LogP contribution in [0.15, 0.2) is 36.4 Å². The van der Waals surface area contributed by atoms with Crippen molar-refractivity contribution >= 4 is 8.60 Å². The number of hydrogen-bond acceptors (Lipinski definition) is 3. The number of hydrogen-bond donors (Lipinski definition) is 2. The van der Waals surface area contributed by atoms with Gasteiger partial charge in [-0.25, -0.2) is 0 Å². The first-order chi connectivity index (χ1) is 19.9. The van der Waals surface area contributed by atoms with E-state index < -0.39 is 14.2 Å². The van der Waals surface area contributed by atoms with E-state index in [-0.39, 0.29) is 5.41 Å². The molecule has 1 aliphatic carbocycles. The van der Waals surface area contributed by atoms with E-state index in [1.54, 1.807) is 0 Å². The molecule has 230 valence electrons. The van der Waals surface area contributed by atoms with Gasteiger partial charge >= 0.3 is 8.60 Å². The highest BCUT2D eigenvalue weighted by Gasteiger charge is 2.59. The lowest BCUT2D eigenvalue weighted by Gasteiger charge is -2.57. The zero-order chi connectivity index (χ0) is 29.7. The molecule has 0 atom stereocenters. The summed E-state index contributed by atoms with van der Waals surface area (Å²) in [6.07, 6.45) is 20.0. The third kappa shape index (κ3) is 8.23. The van der Waals surface area contributed by atoms with Gasteiger partial charge in [-0.1, -0.05) is 116 Å². The highest BCUT2D eigenvalue weighted by Crippen LogP contribution is 2.65. The Labute approximate surface area is 253 Å². The van der Waals surface area contributed by atoms with E-state index in [1.807, 2.05) is 0 Å². The number of aryl methyl sites for hydroxylation is 4. The molecule has 2 aromatic carbocycles. The smallest absolute Gasteiger partial charge is 0.328 e. The van der Waals surface area contributed by atoms with Gasteiger partial charge in [0.15, 0.2) is 0 Å². The van der Waals surface area contributed by atoms with E-state index in [2.05, 4.69) is 71.0 Å². The Morgan fingerprint density at radius 1 is 0.659 bits per heavy atom. The molecule has 0 aromatic heterocycles. The van der Waals surface area contributed by atoms with Crippen molar-refractivity contribution in [2.75, 3.05) is 0 Å². The van der Waals surface area contributed by atoms with Gasteiger partial charge in [-0.05, 0) is 104 Å². The number of benzene rings is 2. The summed E-state index contributed by atoms with van der Waals surface area (Å²) >= 11 is 0. The average molecular weight is 583 g/mol. The molecule has 1 fully saturated rings. The van der Waals surface area contributed by atoms with Gasteiger partial charge in [0.1, 0.15) is 5.60 Å². The molecule has 3 rings (SSSR count). The molecular weight excluding hydrogens is 523 g/mol. The molecule has 0 heterocycles. The second-order valence-electron chi connectivity index (χ2n) is 12.7. The summed E-state index contributed by atoms with van der Waals surface area (Å²) < 4.78 is 6.77. The zero-order valence-corrected chi connectivity index (χ0v) is 27.8. The molecule has 0 saturated heterocycles.